The highest BCUT2D eigenvalue weighted by Crippen LogP contribution is 2.27. The van der Waals surface area contributed by atoms with Crippen molar-refractivity contribution in [1.82, 2.24) is 19.8 Å². The van der Waals surface area contributed by atoms with E-state index in [2.05, 4.69) is 20.6 Å². The maximum absolute atomic E-state index is 13.0. The van der Waals surface area contributed by atoms with Crippen LogP contribution in [-0.2, 0) is 0 Å². The van der Waals surface area contributed by atoms with Gasteiger partial charge in [-0.05, 0) is 31.2 Å². The van der Waals surface area contributed by atoms with Crippen LogP contribution >= 0.6 is 0 Å². The fourth-order valence-electron chi connectivity index (χ4n) is 2.45. The van der Waals surface area contributed by atoms with Gasteiger partial charge in [0.2, 0.25) is 0 Å². The molecule has 2 aromatic heterocycles. The number of anilines is 2. The molecule has 0 amide bonds. The molecule has 108 valence electrons. The lowest BCUT2D eigenvalue weighted by Gasteiger charge is -2.10. The third kappa shape index (κ3) is 1.96. The van der Waals surface area contributed by atoms with Gasteiger partial charge < -0.3 is 5.32 Å². The van der Waals surface area contributed by atoms with E-state index in [9.17, 15) is 4.39 Å². The first-order valence-corrected chi connectivity index (χ1v) is 6.86. The number of aryl methyl sites for hydroxylation is 1. The Labute approximate surface area is 125 Å². The smallest absolute Gasteiger partial charge is 0.185 e. The average Bonchev–Trinajstić information content (AvgIpc) is 2.91. The van der Waals surface area contributed by atoms with Crippen molar-refractivity contribution in [3.8, 4) is 0 Å². The van der Waals surface area contributed by atoms with Crippen molar-refractivity contribution >= 4 is 27.9 Å². The quantitative estimate of drug-likeness (QED) is 0.615. The van der Waals surface area contributed by atoms with E-state index in [0.717, 1.165) is 22.1 Å². The molecule has 0 aliphatic rings. The third-order valence-corrected chi connectivity index (χ3v) is 3.53. The first kappa shape index (κ1) is 12.7. The maximum Gasteiger partial charge on any atom is 0.185 e. The van der Waals surface area contributed by atoms with E-state index in [-0.39, 0.29) is 5.82 Å². The number of halogens is 1. The zero-order valence-corrected chi connectivity index (χ0v) is 11.8. The van der Waals surface area contributed by atoms with Crippen LogP contribution in [0.15, 0.2) is 48.5 Å². The summed E-state index contributed by atoms with van der Waals surface area (Å²) in [6, 6.07) is 14.0. The Kier molecular flexibility index (Phi) is 2.75. The van der Waals surface area contributed by atoms with Crippen molar-refractivity contribution in [2.75, 3.05) is 5.32 Å². The number of hydrogen-bond acceptors (Lipinski definition) is 4. The van der Waals surface area contributed by atoms with Crippen molar-refractivity contribution in [3.05, 3.63) is 60.2 Å². The lowest BCUT2D eigenvalue weighted by molar-refractivity contribution is 0.628. The molecule has 4 rings (SSSR count). The van der Waals surface area contributed by atoms with E-state index in [1.165, 1.54) is 12.1 Å². The molecular formula is C16H12FN5. The van der Waals surface area contributed by atoms with Gasteiger partial charge >= 0.3 is 0 Å². The maximum atomic E-state index is 13.0. The highest BCUT2D eigenvalue weighted by molar-refractivity contribution is 6.00. The molecule has 4 aromatic rings. The Bertz CT molecular complexity index is 975. The van der Waals surface area contributed by atoms with Crippen LogP contribution in [0, 0.1) is 12.7 Å². The molecule has 0 atom stereocenters. The van der Waals surface area contributed by atoms with Gasteiger partial charge in [-0.25, -0.2) is 4.39 Å². The fourth-order valence-corrected chi connectivity index (χ4v) is 2.45. The van der Waals surface area contributed by atoms with Gasteiger partial charge in [-0.1, -0.05) is 24.3 Å². The van der Waals surface area contributed by atoms with Crippen molar-refractivity contribution < 1.29 is 4.39 Å². The summed E-state index contributed by atoms with van der Waals surface area (Å²) in [7, 11) is 0. The summed E-state index contributed by atoms with van der Waals surface area (Å²) < 4.78 is 14.7. The zero-order valence-electron chi connectivity index (χ0n) is 11.8. The summed E-state index contributed by atoms with van der Waals surface area (Å²) in [6.45, 7) is 1.85. The molecule has 6 heteroatoms. The van der Waals surface area contributed by atoms with Crippen LogP contribution < -0.4 is 5.32 Å². The first-order valence-electron chi connectivity index (χ1n) is 6.86. The van der Waals surface area contributed by atoms with E-state index >= 15 is 0 Å². The molecule has 22 heavy (non-hydrogen) atoms. The number of nitrogens with zero attached hydrogens (tertiary/aromatic N) is 4. The van der Waals surface area contributed by atoms with Crippen LogP contribution in [0.3, 0.4) is 0 Å². The summed E-state index contributed by atoms with van der Waals surface area (Å²) in [4.78, 5) is 0. The Morgan fingerprint density at radius 2 is 1.68 bits per heavy atom. The molecule has 0 radical (unpaired) electrons. The minimum atomic E-state index is -0.270. The van der Waals surface area contributed by atoms with Crippen LogP contribution in [0.1, 0.15) is 5.82 Å². The van der Waals surface area contributed by atoms with E-state index in [1.54, 1.807) is 16.6 Å². The normalized spacial score (nSPS) is 11.2. The average molecular weight is 293 g/mol. The molecule has 0 unspecified atom stereocenters. The second-order valence-electron chi connectivity index (χ2n) is 5.01. The monoisotopic (exact) mass is 293 g/mol. The van der Waals surface area contributed by atoms with Gasteiger partial charge in [0.1, 0.15) is 5.82 Å². The Morgan fingerprint density at radius 3 is 2.45 bits per heavy atom. The second-order valence-corrected chi connectivity index (χ2v) is 5.01. The summed E-state index contributed by atoms with van der Waals surface area (Å²) in [5, 5.41) is 18.0. The molecule has 0 bridgehead atoms. The molecule has 0 saturated heterocycles. The molecule has 2 heterocycles. The van der Waals surface area contributed by atoms with Crippen molar-refractivity contribution in [2.24, 2.45) is 0 Å². The number of nitrogens with one attached hydrogen (secondary N) is 1. The lowest BCUT2D eigenvalue weighted by atomic mass is 10.2. The molecule has 5 nitrogen and oxygen atoms in total. The van der Waals surface area contributed by atoms with Crippen molar-refractivity contribution in [1.29, 1.82) is 0 Å². The van der Waals surface area contributed by atoms with Gasteiger partial charge in [0.05, 0.1) is 0 Å². The topological polar surface area (TPSA) is 55.1 Å². The van der Waals surface area contributed by atoms with E-state index < -0.39 is 0 Å². The SMILES string of the molecule is Cc1nnc2c3ccccc3c(Nc3ccc(F)cc3)nn12. The van der Waals surface area contributed by atoms with Gasteiger partial charge in [-0.2, -0.15) is 4.52 Å². The highest BCUT2D eigenvalue weighted by Gasteiger charge is 2.12. The van der Waals surface area contributed by atoms with Gasteiger partial charge in [0.25, 0.3) is 0 Å². The number of aromatic nitrogens is 4. The van der Waals surface area contributed by atoms with Crippen LogP contribution in [-0.4, -0.2) is 19.8 Å². The van der Waals surface area contributed by atoms with Crippen molar-refractivity contribution in [2.45, 2.75) is 6.92 Å². The minimum absolute atomic E-state index is 0.270. The largest absolute Gasteiger partial charge is 0.338 e. The molecule has 0 spiro atoms. The molecule has 2 aromatic carbocycles. The van der Waals surface area contributed by atoms with Crippen LogP contribution in [0.5, 0.6) is 0 Å². The van der Waals surface area contributed by atoms with Crippen LogP contribution in [0.25, 0.3) is 16.4 Å². The van der Waals surface area contributed by atoms with Crippen LogP contribution in [0.4, 0.5) is 15.9 Å². The molecule has 0 aliphatic heterocycles. The van der Waals surface area contributed by atoms with Gasteiger partial charge in [0, 0.05) is 16.5 Å². The molecule has 0 aliphatic carbocycles. The first-order chi connectivity index (χ1) is 10.7. The summed E-state index contributed by atoms with van der Waals surface area (Å²) in [5.41, 5.74) is 1.49. The zero-order chi connectivity index (χ0) is 15.1. The standard InChI is InChI=1S/C16H12FN5/c1-10-19-20-16-14-5-3-2-4-13(14)15(21-22(10)16)18-12-8-6-11(17)7-9-12/h2-9H,1H3,(H,18,21). The minimum Gasteiger partial charge on any atom is -0.338 e. The molecular weight excluding hydrogens is 281 g/mol. The second kappa shape index (κ2) is 4.77. The summed E-state index contributed by atoms with van der Waals surface area (Å²) in [5.74, 6) is 1.12. The predicted octanol–water partition coefficient (Wildman–Crippen LogP) is 3.47. The molecule has 0 saturated carbocycles. The van der Waals surface area contributed by atoms with E-state index in [1.807, 2.05) is 31.2 Å². The number of benzene rings is 2. The number of rotatable bonds is 2. The Balaban J connectivity index is 1.94. The third-order valence-electron chi connectivity index (χ3n) is 3.53. The van der Waals surface area contributed by atoms with E-state index in [4.69, 9.17) is 0 Å². The van der Waals surface area contributed by atoms with Gasteiger partial charge in [-0.3, -0.25) is 0 Å². The van der Waals surface area contributed by atoms with E-state index in [0.29, 0.717) is 11.6 Å². The van der Waals surface area contributed by atoms with Crippen LogP contribution in [0.2, 0.25) is 0 Å². The summed E-state index contributed by atoms with van der Waals surface area (Å²) in [6.07, 6.45) is 0. The molecule has 1 N–H and O–H groups in total. The number of hydrogen-bond donors (Lipinski definition) is 1. The predicted molar refractivity (Wildman–Crippen MR) is 82.7 cm³/mol. The lowest BCUT2D eigenvalue weighted by Crippen LogP contribution is -2.02. The Hall–Kier alpha value is -3.02. The Morgan fingerprint density at radius 1 is 0.955 bits per heavy atom. The van der Waals surface area contributed by atoms with Gasteiger partial charge in [0.15, 0.2) is 17.3 Å². The highest BCUT2D eigenvalue weighted by atomic mass is 19.1. The summed E-state index contributed by atoms with van der Waals surface area (Å²) >= 11 is 0. The number of fused-ring (bicyclic) bond motifs is 3. The fraction of sp³-hybridized carbons (Fsp3) is 0.0625. The van der Waals surface area contributed by atoms with Crippen molar-refractivity contribution in [3.63, 3.8) is 0 Å². The molecule has 0 fully saturated rings. The van der Waals surface area contributed by atoms with Gasteiger partial charge in [-0.15, -0.1) is 15.3 Å².